The molecule has 1 fully saturated rings. The van der Waals surface area contributed by atoms with E-state index in [-0.39, 0.29) is 12.0 Å². The van der Waals surface area contributed by atoms with Crippen LogP contribution in [0.2, 0.25) is 0 Å². The Balaban J connectivity index is 2.65. The molecule has 3 heteroatoms. The minimum atomic E-state index is 0.0175. The molecule has 94 valence electrons. The van der Waals surface area contributed by atoms with E-state index in [2.05, 4.69) is 19.2 Å². The van der Waals surface area contributed by atoms with Gasteiger partial charge in [-0.25, -0.2) is 0 Å². The Morgan fingerprint density at radius 1 is 1.19 bits per heavy atom. The van der Waals surface area contributed by atoms with E-state index in [1.165, 1.54) is 0 Å². The van der Waals surface area contributed by atoms with Crippen molar-refractivity contribution in [1.29, 1.82) is 0 Å². The topological polar surface area (TPSA) is 38.3 Å². The molecule has 1 aliphatic rings. The molecule has 0 aromatic rings. The molecule has 0 saturated carbocycles. The molecule has 0 spiro atoms. The van der Waals surface area contributed by atoms with Gasteiger partial charge in [-0.3, -0.25) is 4.79 Å². The Hall–Kier alpha value is -0.410. The van der Waals surface area contributed by atoms with Crippen LogP contribution < -0.4 is 5.32 Å². The second kappa shape index (κ2) is 6.36. The van der Waals surface area contributed by atoms with Gasteiger partial charge in [-0.1, -0.05) is 27.7 Å². The lowest BCUT2D eigenvalue weighted by Gasteiger charge is -2.32. The van der Waals surface area contributed by atoms with Crippen molar-refractivity contribution in [3.05, 3.63) is 0 Å². The monoisotopic (exact) mass is 227 g/mol. The Labute approximate surface area is 98.9 Å². The van der Waals surface area contributed by atoms with Gasteiger partial charge < -0.3 is 10.1 Å². The minimum Gasteiger partial charge on any atom is -0.381 e. The Morgan fingerprint density at radius 2 is 1.75 bits per heavy atom. The van der Waals surface area contributed by atoms with Gasteiger partial charge in [0.2, 0.25) is 0 Å². The van der Waals surface area contributed by atoms with Crippen molar-refractivity contribution >= 4 is 5.78 Å². The molecule has 16 heavy (non-hydrogen) atoms. The SMILES string of the molecule is CC(C)N[C@H](C(=O)C(C)C)C1CCOCC1. The summed E-state index contributed by atoms with van der Waals surface area (Å²) in [6.07, 6.45) is 2.01. The number of Topliss-reactive ketones (excluding diaryl/α,β-unsaturated/α-hetero) is 1. The Kier molecular flexibility index (Phi) is 5.42. The van der Waals surface area contributed by atoms with Crippen molar-refractivity contribution in [2.24, 2.45) is 11.8 Å². The Morgan fingerprint density at radius 3 is 2.19 bits per heavy atom. The van der Waals surface area contributed by atoms with Gasteiger partial charge in [-0.05, 0) is 18.8 Å². The summed E-state index contributed by atoms with van der Waals surface area (Å²) in [7, 11) is 0. The highest BCUT2D eigenvalue weighted by Gasteiger charge is 2.31. The molecule has 0 amide bonds. The summed E-state index contributed by atoms with van der Waals surface area (Å²) >= 11 is 0. The van der Waals surface area contributed by atoms with Crippen LogP contribution in [0.5, 0.6) is 0 Å². The summed E-state index contributed by atoms with van der Waals surface area (Å²) in [6.45, 7) is 9.76. The van der Waals surface area contributed by atoms with E-state index in [0.29, 0.717) is 17.7 Å². The molecule has 0 aromatic carbocycles. The predicted octanol–water partition coefficient (Wildman–Crippen LogP) is 2.00. The summed E-state index contributed by atoms with van der Waals surface area (Å²) in [4.78, 5) is 12.2. The van der Waals surface area contributed by atoms with Crippen LogP contribution in [0.3, 0.4) is 0 Å². The predicted molar refractivity (Wildman–Crippen MR) is 65.4 cm³/mol. The molecule has 0 aromatic heterocycles. The largest absolute Gasteiger partial charge is 0.381 e. The number of hydrogen-bond acceptors (Lipinski definition) is 3. The van der Waals surface area contributed by atoms with Gasteiger partial charge in [0.1, 0.15) is 0 Å². The summed E-state index contributed by atoms with van der Waals surface area (Å²) < 4.78 is 5.36. The number of ether oxygens (including phenoxy) is 1. The number of rotatable bonds is 5. The first-order valence-electron chi connectivity index (χ1n) is 6.40. The lowest BCUT2D eigenvalue weighted by molar-refractivity contribution is -0.126. The molecule has 1 N–H and O–H groups in total. The van der Waals surface area contributed by atoms with Crippen LogP contribution in [0.15, 0.2) is 0 Å². The van der Waals surface area contributed by atoms with Crippen molar-refractivity contribution in [3.63, 3.8) is 0 Å². The highest BCUT2D eigenvalue weighted by Crippen LogP contribution is 2.21. The molecule has 1 rings (SSSR count). The number of carbonyl (C=O) groups is 1. The average molecular weight is 227 g/mol. The summed E-state index contributed by atoms with van der Waals surface area (Å²) in [5, 5.41) is 3.43. The zero-order valence-corrected chi connectivity index (χ0v) is 11.0. The normalized spacial score (nSPS) is 20.4. The van der Waals surface area contributed by atoms with Crippen molar-refractivity contribution in [3.8, 4) is 0 Å². The molecule has 0 radical (unpaired) electrons. The zero-order chi connectivity index (χ0) is 12.1. The van der Waals surface area contributed by atoms with Gasteiger partial charge in [0.05, 0.1) is 6.04 Å². The van der Waals surface area contributed by atoms with E-state index in [1.807, 2.05) is 13.8 Å². The average Bonchev–Trinajstić information content (AvgIpc) is 2.26. The van der Waals surface area contributed by atoms with E-state index in [4.69, 9.17) is 4.74 Å². The molecule has 3 nitrogen and oxygen atoms in total. The quantitative estimate of drug-likeness (QED) is 0.780. The number of nitrogens with one attached hydrogen (secondary N) is 1. The maximum absolute atomic E-state index is 12.2. The van der Waals surface area contributed by atoms with Crippen LogP contribution in [0, 0.1) is 11.8 Å². The standard InChI is InChI=1S/C13H25NO2/c1-9(2)13(15)12(14-10(3)4)11-5-7-16-8-6-11/h9-12,14H,5-8H2,1-4H3/t12-/m0/s1. The van der Waals surface area contributed by atoms with Crippen LogP contribution in [-0.4, -0.2) is 31.1 Å². The van der Waals surface area contributed by atoms with Gasteiger partial charge in [0.15, 0.2) is 5.78 Å². The zero-order valence-electron chi connectivity index (χ0n) is 11.0. The highest BCUT2D eigenvalue weighted by molar-refractivity contribution is 5.86. The molecule has 1 saturated heterocycles. The maximum atomic E-state index is 12.2. The fourth-order valence-electron chi connectivity index (χ4n) is 2.22. The summed E-state index contributed by atoms with van der Waals surface area (Å²) in [6, 6.07) is 0.374. The van der Waals surface area contributed by atoms with Gasteiger partial charge >= 0.3 is 0 Å². The van der Waals surface area contributed by atoms with E-state index >= 15 is 0 Å². The van der Waals surface area contributed by atoms with E-state index in [9.17, 15) is 4.79 Å². The highest BCUT2D eigenvalue weighted by atomic mass is 16.5. The van der Waals surface area contributed by atoms with Gasteiger partial charge in [-0.15, -0.1) is 0 Å². The third kappa shape index (κ3) is 3.87. The van der Waals surface area contributed by atoms with E-state index in [0.717, 1.165) is 26.1 Å². The second-order valence-electron chi connectivity index (χ2n) is 5.31. The fraction of sp³-hybridized carbons (Fsp3) is 0.923. The smallest absolute Gasteiger partial charge is 0.152 e. The number of carbonyl (C=O) groups excluding carboxylic acids is 1. The van der Waals surface area contributed by atoms with Crippen LogP contribution in [0.1, 0.15) is 40.5 Å². The fourth-order valence-corrected chi connectivity index (χ4v) is 2.22. The number of ketones is 1. The third-order valence-electron chi connectivity index (χ3n) is 3.13. The van der Waals surface area contributed by atoms with Crippen molar-refractivity contribution < 1.29 is 9.53 Å². The second-order valence-corrected chi connectivity index (χ2v) is 5.31. The van der Waals surface area contributed by atoms with Gasteiger partial charge in [0.25, 0.3) is 0 Å². The summed E-state index contributed by atoms with van der Waals surface area (Å²) in [5.41, 5.74) is 0. The number of hydrogen-bond donors (Lipinski definition) is 1. The van der Waals surface area contributed by atoms with Crippen LogP contribution in [0.25, 0.3) is 0 Å². The van der Waals surface area contributed by atoms with Crippen LogP contribution >= 0.6 is 0 Å². The molecular weight excluding hydrogens is 202 g/mol. The molecule has 1 aliphatic heterocycles. The van der Waals surface area contributed by atoms with Crippen molar-refractivity contribution in [2.75, 3.05) is 13.2 Å². The lowest BCUT2D eigenvalue weighted by atomic mass is 9.85. The molecule has 1 heterocycles. The van der Waals surface area contributed by atoms with Crippen molar-refractivity contribution in [1.82, 2.24) is 5.32 Å². The molecular formula is C13H25NO2. The maximum Gasteiger partial charge on any atom is 0.152 e. The molecule has 1 atom stereocenters. The lowest BCUT2D eigenvalue weighted by Crippen LogP contribution is -2.49. The molecule has 0 unspecified atom stereocenters. The first-order valence-corrected chi connectivity index (χ1v) is 6.40. The van der Waals surface area contributed by atoms with E-state index < -0.39 is 0 Å². The third-order valence-corrected chi connectivity index (χ3v) is 3.13. The molecule has 0 aliphatic carbocycles. The van der Waals surface area contributed by atoms with Gasteiger partial charge in [0, 0.05) is 25.2 Å². The van der Waals surface area contributed by atoms with Gasteiger partial charge in [-0.2, -0.15) is 0 Å². The van der Waals surface area contributed by atoms with Crippen molar-refractivity contribution in [2.45, 2.75) is 52.6 Å². The minimum absolute atomic E-state index is 0.0175. The first-order chi connectivity index (χ1) is 7.52. The molecule has 0 bridgehead atoms. The Bertz CT molecular complexity index is 220. The van der Waals surface area contributed by atoms with E-state index in [1.54, 1.807) is 0 Å². The van der Waals surface area contributed by atoms with Crippen LogP contribution in [-0.2, 0) is 9.53 Å². The first kappa shape index (κ1) is 13.7. The summed E-state index contributed by atoms with van der Waals surface area (Å²) in [5.74, 6) is 0.908. The van der Waals surface area contributed by atoms with Crippen LogP contribution in [0.4, 0.5) is 0 Å².